The molecule has 0 aliphatic carbocycles. The Labute approximate surface area is 130 Å². The highest BCUT2D eigenvalue weighted by molar-refractivity contribution is 5.84. The van der Waals surface area contributed by atoms with Crippen LogP contribution in [0.5, 0.6) is 5.75 Å². The molecule has 1 saturated heterocycles. The zero-order chi connectivity index (χ0) is 15.8. The van der Waals surface area contributed by atoms with Gasteiger partial charge in [0, 0.05) is 6.42 Å². The van der Waals surface area contributed by atoms with Crippen molar-refractivity contribution >= 4 is 5.78 Å². The molecule has 5 heteroatoms. The number of hydrogen-bond donors (Lipinski definition) is 0. The van der Waals surface area contributed by atoms with Gasteiger partial charge in [-0.15, -0.1) is 0 Å². The van der Waals surface area contributed by atoms with Gasteiger partial charge in [-0.1, -0.05) is 12.1 Å². The Morgan fingerprint density at radius 2 is 1.95 bits per heavy atom. The van der Waals surface area contributed by atoms with Crippen LogP contribution in [0.25, 0.3) is 0 Å². The molecule has 22 heavy (non-hydrogen) atoms. The molecule has 0 amide bonds. The normalized spacial score (nSPS) is 17.2. The number of ketones is 1. The summed E-state index contributed by atoms with van der Waals surface area (Å²) in [5.41, 5.74) is -0.512. The van der Waals surface area contributed by atoms with E-state index in [0.29, 0.717) is 26.2 Å². The molecule has 1 heterocycles. The summed E-state index contributed by atoms with van der Waals surface area (Å²) in [5, 5.41) is 0. The highest BCUT2D eigenvalue weighted by atomic mass is 19.1. The van der Waals surface area contributed by atoms with Crippen LogP contribution in [0.3, 0.4) is 0 Å². The summed E-state index contributed by atoms with van der Waals surface area (Å²) in [6.45, 7) is 3.48. The van der Waals surface area contributed by atoms with Crippen molar-refractivity contribution in [3.8, 4) is 5.75 Å². The van der Waals surface area contributed by atoms with Crippen LogP contribution in [0.1, 0.15) is 32.6 Å². The third kappa shape index (κ3) is 4.78. The number of carbonyl (C=O) groups excluding carboxylic acids is 1. The molecule has 122 valence electrons. The van der Waals surface area contributed by atoms with E-state index in [4.69, 9.17) is 14.2 Å². The standard InChI is InChI=1S/C17H23FO4/c1-17(11-20-13-21-12-17)16(19)9-3-2-6-10-22-15-8-5-4-7-14(15)18/h4-5,7-8H,2-3,6,9-13H2,1H3. The van der Waals surface area contributed by atoms with E-state index in [2.05, 4.69) is 0 Å². The second-order valence-electron chi connectivity index (χ2n) is 5.89. The van der Waals surface area contributed by atoms with Crippen molar-refractivity contribution in [3.05, 3.63) is 30.1 Å². The van der Waals surface area contributed by atoms with Gasteiger partial charge in [0.05, 0.1) is 25.2 Å². The van der Waals surface area contributed by atoms with Gasteiger partial charge >= 0.3 is 0 Å². The van der Waals surface area contributed by atoms with Gasteiger partial charge in [0.15, 0.2) is 11.6 Å². The average molecular weight is 310 g/mol. The van der Waals surface area contributed by atoms with Crippen LogP contribution in [0.15, 0.2) is 24.3 Å². The summed E-state index contributed by atoms with van der Waals surface area (Å²) in [7, 11) is 0. The Morgan fingerprint density at radius 3 is 2.68 bits per heavy atom. The summed E-state index contributed by atoms with van der Waals surface area (Å²) in [5.74, 6) is 0.118. The quantitative estimate of drug-likeness (QED) is 0.691. The van der Waals surface area contributed by atoms with Crippen molar-refractivity contribution in [2.45, 2.75) is 32.6 Å². The molecule has 1 fully saturated rings. The lowest BCUT2D eigenvalue weighted by Gasteiger charge is -2.31. The second kappa shape index (κ2) is 8.25. The zero-order valence-electron chi connectivity index (χ0n) is 13.0. The molecule has 2 rings (SSSR count). The molecular formula is C17H23FO4. The van der Waals surface area contributed by atoms with Crippen molar-refractivity contribution in [2.24, 2.45) is 5.41 Å². The van der Waals surface area contributed by atoms with Gasteiger partial charge in [-0.05, 0) is 38.3 Å². The number of hydrogen-bond acceptors (Lipinski definition) is 4. The second-order valence-corrected chi connectivity index (χ2v) is 5.89. The van der Waals surface area contributed by atoms with Crippen LogP contribution in [-0.2, 0) is 14.3 Å². The number of ether oxygens (including phenoxy) is 3. The molecule has 1 aromatic carbocycles. The molecule has 0 saturated carbocycles. The number of Topliss-reactive ketones (excluding diaryl/α,β-unsaturated/α-hetero) is 1. The number of rotatable bonds is 8. The van der Waals surface area contributed by atoms with Crippen LogP contribution in [-0.4, -0.2) is 32.4 Å². The van der Waals surface area contributed by atoms with E-state index in [1.165, 1.54) is 6.07 Å². The summed E-state index contributed by atoms with van der Waals surface area (Å²) < 4.78 is 29.1. The molecule has 0 atom stereocenters. The highest BCUT2D eigenvalue weighted by Crippen LogP contribution is 2.25. The fourth-order valence-corrected chi connectivity index (χ4v) is 2.41. The Bertz CT molecular complexity index is 483. The van der Waals surface area contributed by atoms with Gasteiger partial charge in [-0.2, -0.15) is 0 Å². The molecule has 1 aliphatic rings. The number of para-hydroxylation sites is 1. The molecule has 0 spiro atoms. The maximum Gasteiger partial charge on any atom is 0.165 e. The minimum Gasteiger partial charge on any atom is -0.491 e. The van der Waals surface area contributed by atoms with E-state index >= 15 is 0 Å². The maximum absolute atomic E-state index is 13.3. The van der Waals surface area contributed by atoms with E-state index in [1.807, 2.05) is 6.92 Å². The predicted octanol–water partition coefficient (Wildman–Crippen LogP) is 3.34. The van der Waals surface area contributed by atoms with Crippen molar-refractivity contribution in [2.75, 3.05) is 26.6 Å². The third-order valence-corrected chi connectivity index (χ3v) is 3.82. The van der Waals surface area contributed by atoms with Gasteiger partial charge in [0.1, 0.15) is 12.6 Å². The zero-order valence-corrected chi connectivity index (χ0v) is 13.0. The molecule has 4 nitrogen and oxygen atoms in total. The minimum absolute atomic E-state index is 0.183. The molecule has 0 radical (unpaired) electrons. The van der Waals surface area contributed by atoms with Crippen molar-refractivity contribution in [3.63, 3.8) is 0 Å². The first-order chi connectivity index (χ1) is 10.6. The topological polar surface area (TPSA) is 44.8 Å². The van der Waals surface area contributed by atoms with Gasteiger partial charge in [0.2, 0.25) is 0 Å². The summed E-state index contributed by atoms with van der Waals surface area (Å²) in [4.78, 5) is 12.2. The molecule has 1 aliphatic heterocycles. The number of carbonyl (C=O) groups is 1. The highest BCUT2D eigenvalue weighted by Gasteiger charge is 2.35. The Hall–Kier alpha value is -1.46. The monoisotopic (exact) mass is 310 g/mol. The first kappa shape index (κ1) is 16.9. The smallest absolute Gasteiger partial charge is 0.165 e. The third-order valence-electron chi connectivity index (χ3n) is 3.82. The largest absolute Gasteiger partial charge is 0.491 e. The van der Waals surface area contributed by atoms with Crippen molar-refractivity contribution in [1.29, 1.82) is 0 Å². The lowest BCUT2D eigenvalue weighted by Crippen LogP contribution is -2.41. The lowest BCUT2D eigenvalue weighted by molar-refractivity contribution is -0.172. The molecule has 0 aromatic heterocycles. The van der Waals surface area contributed by atoms with Crippen LogP contribution in [0.2, 0.25) is 0 Å². The van der Waals surface area contributed by atoms with E-state index in [9.17, 15) is 9.18 Å². The predicted molar refractivity (Wildman–Crippen MR) is 80.2 cm³/mol. The molecule has 1 aromatic rings. The van der Waals surface area contributed by atoms with Crippen molar-refractivity contribution < 1.29 is 23.4 Å². The molecule has 0 unspecified atom stereocenters. The van der Waals surface area contributed by atoms with E-state index < -0.39 is 5.41 Å². The number of unbranched alkanes of at least 4 members (excludes halogenated alkanes) is 2. The fraction of sp³-hybridized carbons (Fsp3) is 0.588. The SMILES string of the molecule is CC1(C(=O)CCCCCOc2ccccc2F)COCOC1. The first-order valence-corrected chi connectivity index (χ1v) is 7.68. The van der Waals surface area contributed by atoms with Crippen molar-refractivity contribution in [1.82, 2.24) is 0 Å². The van der Waals surface area contributed by atoms with Gasteiger partial charge in [-0.25, -0.2) is 4.39 Å². The lowest BCUT2D eigenvalue weighted by atomic mass is 9.84. The molecular weight excluding hydrogens is 287 g/mol. The fourth-order valence-electron chi connectivity index (χ4n) is 2.41. The van der Waals surface area contributed by atoms with Gasteiger partial charge in [0.25, 0.3) is 0 Å². The van der Waals surface area contributed by atoms with E-state index in [0.717, 1.165) is 19.3 Å². The van der Waals surface area contributed by atoms with Gasteiger partial charge < -0.3 is 14.2 Å². The summed E-state index contributed by atoms with van der Waals surface area (Å²) in [6.07, 6.45) is 2.99. The maximum atomic E-state index is 13.3. The Balaban J connectivity index is 1.59. The molecule has 0 bridgehead atoms. The average Bonchev–Trinajstić information content (AvgIpc) is 2.53. The van der Waals surface area contributed by atoms with E-state index in [1.54, 1.807) is 18.2 Å². The van der Waals surface area contributed by atoms with Crippen LogP contribution >= 0.6 is 0 Å². The summed E-state index contributed by atoms with van der Waals surface area (Å²) in [6, 6.07) is 6.37. The number of benzene rings is 1. The number of halogens is 1. The van der Waals surface area contributed by atoms with Crippen LogP contribution in [0, 0.1) is 11.2 Å². The summed E-state index contributed by atoms with van der Waals surface area (Å²) >= 11 is 0. The van der Waals surface area contributed by atoms with Crippen LogP contribution in [0.4, 0.5) is 4.39 Å². The minimum atomic E-state index is -0.512. The van der Waals surface area contributed by atoms with E-state index in [-0.39, 0.29) is 24.1 Å². The molecule has 0 N–H and O–H groups in total. The first-order valence-electron chi connectivity index (χ1n) is 7.68. The Kier molecular flexibility index (Phi) is 6.34. The Morgan fingerprint density at radius 1 is 1.23 bits per heavy atom. The van der Waals surface area contributed by atoms with Gasteiger partial charge in [-0.3, -0.25) is 4.79 Å². The van der Waals surface area contributed by atoms with Crippen LogP contribution < -0.4 is 4.74 Å².